The quantitative estimate of drug-likeness (QED) is 0.726. The van der Waals surface area contributed by atoms with Crippen LogP contribution < -0.4 is 0 Å². The van der Waals surface area contributed by atoms with Crippen LogP contribution in [0.1, 0.15) is 60.0 Å². The summed E-state index contributed by atoms with van der Waals surface area (Å²) in [5, 5.41) is 10.6. The molecule has 0 amide bonds. The summed E-state index contributed by atoms with van der Waals surface area (Å²) >= 11 is 0. The molecule has 1 fully saturated rings. The van der Waals surface area contributed by atoms with Gasteiger partial charge in [-0.05, 0) is 86.2 Å². The number of rotatable bonds is 3. The van der Waals surface area contributed by atoms with Gasteiger partial charge in [-0.2, -0.15) is 0 Å². The predicted molar refractivity (Wildman–Crippen MR) is 115 cm³/mol. The number of aliphatic hydroxyl groups is 1. The first-order valence-electron chi connectivity index (χ1n) is 10.2. The SMILES string of the molecule is Cc1ccccc1C1CCN(C[C@@H]2CCc3ccccc3[C@H](O)C2)CC1.Cl. The second-order valence-corrected chi connectivity index (χ2v) is 8.29. The lowest BCUT2D eigenvalue weighted by Gasteiger charge is -2.35. The van der Waals surface area contributed by atoms with E-state index >= 15 is 0 Å². The molecule has 0 spiro atoms. The van der Waals surface area contributed by atoms with Gasteiger partial charge in [0.05, 0.1) is 6.10 Å². The average Bonchev–Trinajstić information content (AvgIpc) is 2.82. The summed E-state index contributed by atoms with van der Waals surface area (Å²) in [5.74, 6) is 1.32. The third-order valence-electron chi connectivity index (χ3n) is 6.52. The summed E-state index contributed by atoms with van der Waals surface area (Å²) in [4.78, 5) is 2.64. The Morgan fingerprint density at radius 3 is 2.33 bits per heavy atom. The Kier molecular flexibility index (Phi) is 6.97. The molecule has 146 valence electrons. The van der Waals surface area contributed by atoms with Crippen molar-refractivity contribution in [3.8, 4) is 0 Å². The monoisotopic (exact) mass is 385 g/mol. The van der Waals surface area contributed by atoms with Gasteiger partial charge in [-0.15, -0.1) is 12.4 Å². The molecule has 2 aromatic rings. The average molecular weight is 386 g/mol. The van der Waals surface area contributed by atoms with Gasteiger partial charge in [0.15, 0.2) is 0 Å². The molecule has 0 radical (unpaired) electrons. The maximum Gasteiger partial charge on any atom is 0.0795 e. The highest BCUT2D eigenvalue weighted by molar-refractivity contribution is 5.85. The fourth-order valence-electron chi connectivity index (χ4n) is 5.01. The Labute approximate surface area is 170 Å². The van der Waals surface area contributed by atoms with Crippen molar-refractivity contribution in [3.63, 3.8) is 0 Å². The summed E-state index contributed by atoms with van der Waals surface area (Å²) in [6, 6.07) is 17.3. The summed E-state index contributed by atoms with van der Waals surface area (Å²) < 4.78 is 0. The number of benzene rings is 2. The number of hydrogen-bond acceptors (Lipinski definition) is 2. The first-order valence-corrected chi connectivity index (χ1v) is 10.2. The predicted octanol–water partition coefficient (Wildman–Crippen LogP) is 5.28. The Hall–Kier alpha value is -1.35. The number of piperidine rings is 1. The molecule has 1 N–H and O–H groups in total. The standard InChI is InChI=1S/C24H31NO.ClH/c1-18-6-2-4-8-22(18)21-12-14-25(15-13-21)17-19-10-11-20-7-3-5-9-23(20)24(26)16-19;/h2-9,19,21,24,26H,10-17H2,1H3;1H/t19-,24-;/m1./s1. The molecule has 3 heteroatoms. The lowest BCUT2D eigenvalue weighted by Crippen LogP contribution is -2.37. The molecule has 0 bridgehead atoms. The molecule has 0 aromatic heterocycles. The molecule has 27 heavy (non-hydrogen) atoms. The zero-order chi connectivity index (χ0) is 17.9. The van der Waals surface area contributed by atoms with Crippen LogP contribution in [0.25, 0.3) is 0 Å². The van der Waals surface area contributed by atoms with E-state index in [9.17, 15) is 5.11 Å². The largest absolute Gasteiger partial charge is 0.388 e. The van der Waals surface area contributed by atoms with E-state index in [4.69, 9.17) is 0 Å². The van der Waals surface area contributed by atoms with Gasteiger partial charge in [-0.3, -0.25) is 0 Å². The van der Waals surface area contributed by atoms with Crippen molar-refractivity contribution < 1.29 is 5.11 Å². The number of halogens is 1. The van der Waals surface area contributed by atoms with Crippen LogP contribution >= 0.6 is 12.4 Å². The van der Waals surface area contributed by atoms with Gasteiger partial charge in [0, 0.05) is 6.54 Å². The number of likely N-dealkylation sites (tertiary alicyclic amines) is 1. The molecule has 2 nitrogen and oxygen atoms in total. The molecule has 1 saturated heterocycles. The topological polar surface area (TPSA) is 23.5 Å². The number of aryl methyl sites for hydroxylation is 2. The third kappa shape index (κ3) is 4.74. The van der Waals surface area contributed by atoms with Crippen molar-refractivity contribution in [2.75, 3.05) is 19.6 Å². The molecular formula is C24H32ClNO. The van der Waals surface area contributed by atoms with E-state index in [-0.39, 0.29) is 18.5 Å². The molecule has 2 atom stereocenters. The lowest BCUT2D eigenvalue weighted by molar-refractivity contribution is 0.117. The van der Waals surface area contributed by atoms with Crippen LogP contribution in [-0.2, 0) is 6.42 Å². The minimum atomic E-state index is -0.289. The Balaban J connectivity index is 0.00000210. The third-order valence-corrected chi connectivity index (χ3v) is 6.52. The molecule has 1 aliphatic carbocycles. The van der Waals surface area contributed by atoms with Crippen LogP contribution in [0.15, 0.2) is 48.5 Å². The van der Waals surface area contributed by atoms with Crippen molar-refractivity contribution in [2.24, 2.45) is 5.92 Å². The van der Waals surface area contributed by atoms with Gasteiger partial charge in [-0.25, -0.2) is 0 Å². The van der Waals surface area contributed by atoms with Crippen LogP contribution in [-0.4, -0.2) is 29.6 Å². The Morgan fingerprint density at radius 1 is 0.926 bits per heavy atom. The molecule has 0 saturated carbocycles. The second kappa shape index (κ2) is 9.23. The number of fused-ring (bicyclic) bond motifs is 1. The van der Waals surface area contributed by atoms with Crippen LogP contribution in [0, 0.1) is 12.8 Å². The number of aliphatic hydroxyl groups excluding tert-OH is 1. The van der Waals surface area contributed by atoms with E-state index in [1.807, 2.05) is 0 Å². The zero-order valence-corrected chi connectivity index (χ0v) is 17.1. The minimum absolute atomic E-state index is 0. The first kappa shape index (κ1) is 20.4. The summed E-state index contributed by atoms with van der Waals surface area (Å²) in [6.07, 6.45) is 5.46. The fourth-order valence-corrected chi connectivity index (χ4v) is 5.01. The van der Waals surface area contributed by atoms with E-state index in [1.54, 1.807) is 5.56 Å². The molecule has 2 aliphatic rings. The molecule has 1 aliphatic heterocycles. The molecule has 2 aromatic carbocycles. The van der Waals surface area contributed by atoms with Crippen molar-refractivity contribution in [3.05, 3.63) is 70.8 Å². The number of nitrogens with zero attached hydrogens (tertiary/aromatic N) is 1. The lowest BCUT2D eigenvalue weighted by atomic mass is 9.86. The molecule has 1 heterocycles. The highest BCUT2D eigenvalue weighted by Crippen LogP contribution is 2.34. The summed E-state index contributed by atoms with van der Waals surface area (Å²) in [6.45, 7) is 5.77. The molecule has 4 rings (SSSR count). The second-order valence-electron chi connectivity index (χ2n) is 8.29. The van der Waals surface area contributed by atoms with E-state index in [1.165, 1.54) is 43.5 Å². The van der Waals surface area contributed by atoms with E-state index in [2.05, 4.69) is 60.4 Å². The fraction of sp³-hybridized carbons (Fsp3) is 0.500. The van der Waals surface area contributed by atoms with Crippen LogP contribution in [0.4, 0.5) is 0 Å². The van der Waals surface area contributed by atoms with Crippen LogP contribution in [0.2, 0.25) is 0 Å². The van der Waals surface area contributed by atoms with E-state index in [0.717, 1.165) is 30.9 Å². The van der Waals surface area contributed by atoms with Crippen LogP contribution in [0.3, 0.4) is 0 Å². The van der Waals surface area contributed by atoms with Gasteiger partial charge in [0.25, 0.3) is 0 Å². The minimum Gasteiger partial charge on any atom is -0.388 e. The van der Waals surface area contributed by atoms with Crippen LogP contribution in [0.5, 0.6) is 0 Å². The van der Waals surface area contributed by atoms with Gasteiger partial charge in [0.2, 0.25) is 0 Å². The highest BCUT2D eigenvalue weighted by Gasteiger charge is 2.27. The van der Waals surface area contributed by atoms with E-state index < -0.39 is 0 Å². The van der Waals surface area contributed by atoms with Crippen molar-refractivity contribution in [2.45, 2.75) is 51.0 Å². The van der Waals surface area contributed by atoms with Gasteiger partial charge in [0.1, 0.15) is 0 Å². The Morgan fingerprint density at radius 2 is 1.59 bits per heavy atom. The maximum absolute atomic E-state index is 10.6. The van der Waals surface area contributed by atoms with Gasteiger partial charge < -0.3 is 10.0 Å². The van der Waals surface area contributed by atoms with E-state index in [0.29, 0.717) is 5.92 Å². The Bertz CT molecular complexity index is 739. The molecule has 0 unspecified atom stereocenters. The summed E-state index contributed by atoms with van der Waals surface area (Å²) in [5.41, 5.74) is 5.50. The van der Waals surface area contributed by atoms with Gasteiger partial charge >= 0.3 is 0 Å². The number of hydrogen-bond donors (Lipinski definition) is 1. The zero-order valence-electron chi connectivity index (χ0n) is 16.3. The first-order chi connectivity index (χ1) is 12.7. The van der Waals surface area contributed by atoms with Crippen molar-refractivity contribution in [1.82, 2.24) is 4.90 Å². The smallest absolute Gasteiger partial charge is 0.0795 e. The maximum atomic E-state index is 10.6. The van der Waals surface area contributed by atoms with Crippen molar-refractivity contribution >= 4 is 12.4 Å². The molecular weight excluding hydrogens is 354 g/mol. The van der Waals surface area contributed by atoms with Crippen molar-refractivity contribution in [1.29, 1.82) is 0 Å². The normalized spacial score (nSPS) is 23.9. The highest BCUT2D eigenvalue weighted by atomic mass is 35.5. The van der Waals surface area contributed by atoms with Gasteiger partial charge in [-0.1, -0.05) is 48.5 Å². The summed E-state index contributed by atoms with van der Waals surface area (Å²) in [7, 11) is 0.